The first-order valence-electron chi connectivity index (χ1n) is 4.99. The van der Waals surface area contributed by atoms with Crippen molar-refractivity contribution in [2.75, 3.05) is 13.1 Å². The summed E-state index contributed by atoms with van der Waals surface area (Å²) in [4.78, 5) is 2.40. The standard InChI is InChI=1S/C10H21NO/c1-4-7-11-8-9(12)5-6-10(11,2)3/h9,12H,4-8H2,1-3H3. The lowest BCUT2D eigenvalue weighted by atomic mass is 9.89. The summed E-state index contributed by atoms with van der Waals surface area (Å²) in [7, 11) is 0. The maximum Gasteiger partial charge on any atom is 0.0668 e. The van der Waals surface area contributed by atoms with Crippen LogP contribution in [-0.4, -0.2) is 34.7 Å². The minimum Gasteiger partial charge on any atom is -0.392 e. The minimum absolute atomic E-state index is 0.0930. The van der Waals surface area contributed by atoms with Gasteiger partial charge < -0.3 is 5.11 Å². The van der Waals surface area contributed by atoms with Crippen molar-refractivity contribution >= 4 is 0 Å². The fraction of sp³-hybridized carbons (Fsp3) is 1.00. The smallest absolute Gasteiger partial charge is 0.0668 e. The molecule has 1 fully saturated rings. The van der Waals surface area contributed by atoms with Crippen molar-refractivity contribution in [2.45, 2.75) is 51.7 Å². The van der Waals surface area contributed by atoms with Crippen molar-refractivity contribution in [1.29, 1.82) is 0 Å². The van der Waals surface area contributed by atoms with Crippen LogP contribution < -0.4 is 0 Å². The monoisotopic (exact) mass is 171 g/mol. The molecule has 0 amide bonds. The van der Waals surface area contributed by atoms with Gasteiger partial charge in [0.1, 0.15) is 0 Å². The average Bonchev–Trinajstić information content (AvgIpc) is 1.98. The molecule has 1 rings (SSSR count). The topological polar surface area (TPSA) is 23.5 Å². The van der Waals surface area contributed by atoms with Crippen LogP contribution in [0.2, 0.25) is 0 Å². The summed E-state index contributed by atoms with van der Waals surface area (Å²) >= 11 is 0. The van der Waals surface area contributed by atoms with Crippen LogP contribution in [0.25, 0.3) is 0 Å². The normalized spacial score (nSPS) is 30.5. The molecule has 0 aliphatic carbocycles. The van der Waals surface area contributed by atoms with Gasteiger partial charge in [0.15, 0.2) is 0 Å². The van der Waals surface area contributed by atoms with E-state index >= 15 is 0 Å². The largest absolute Gasteiger partial charge is 0.392 e. The zero-order valence-electron chi connectivity index (χ0n) is 8.51. The molecule has 1 unspecified atom stereocenters. The third kappa shape index (κ3) is 2.20. The van der Waals surface area contributed by atoms with Gasteiger partial charge in [-0.2, -0.15) is 0 Å². The Morgan fingerprint density at radius 1 is 1.50 bits per heavy atom. The van der Waals surface area contributed by atoms with Crippen LogP contribution >= 0.6 is 0 Å². The van der Waals surface area contributed by atoms with E-state index in [1.54, 1.807) is 0 Å². The van der Waals surface area contributed by atoms with Gasteiger partial charge in [-0.3, -0.25) is 4.90 Å². The van der Waals surface area contributed by atoms with E-state index in [0.29, 0.717) is 5.54 Å². The Morgan fingerprint density at radius 2 is 2.17 bits per heavy atom. The number of aliphatic hydroxyl groups excluding tert-OH is 1. The lowest BCUT2D eigenvalue weighted by Gasteiger charge is -2.44. The lowest BCUT2D eigenvalue weighted by Crippen LogP contribution is -2.52. The highest BCUT2D eigenvalue weighted by atomic mass is 16.3. The number of nitrogens with zero attached hydrogens (tertiary/aromatic N) is 1. The molecule has 1 aliphatic heterocycles. The zero-order chi connectivity index (χ0) is 9.19. The van der Waals surface area contributed by atoms with Crippen molar-refractivity contribution in [3.63, 3.8) is 0 Å². The van der Waals surface area contributed by atoms with E-state index in [-0.39, 0.29) is 6.10 Å². The third-order valence-electron chi connectivity index (χ3n) is 2.87. The number of hydrogen-bond acceptors (Lipinski definition) is 2. The highest BCUT2D eigenvalue weighted by molar-refractivity contribution is 4.88. The second kappa shape index (κ2) is 3.75. The predicted octanol–water partition coefficient (Wildman–Crippen LogP) is 1.63. The number of rotatable bonds is 2. The van der Waals surface area contributed by atoms with Crippen molar-refractivity contribution in [3.05, 3.63) is 0 Å². The summed E-state index contributed by atoms with van der Waals surface area (Å²) in [6.07, 6.45) is 3.17. The van der Waals surface area contributed by atoms with Gasteiger partial charge in [0, 0.05) is 12.1 Å². The molecule has 1 N–H and O–H groups in total. The summed E-state index contributed by atoms with van der Waals surface area (Å²) in [6.45, 7) is 8.71. The fourth-order valence-corrected chi connectivity index (χ4v) is 1.93. The van der Waals surface area contributed by atoms with Gasteiger partial charge >= 0.3 is 0 Å². The Labute approximate surface area is 75.6 Å². The molecule has 1 atom stereocenters. The van der Waals surface area contributed by atoms with Crippen LogP contribution in [0.1, 0.15) is 40.0 Å². The Balaban J connectivity index is 2.52. The average molecular weight is 171 g/mol. The molecule has 1 saturated heterocycles. The molecule has 0 radical (unpaired) electrons. The van der Waals surface area contributed by atoms with Crippen LogP contribution in [-0.2, 0) is 0 Å². The zero-order valence-corrected chi connectivity index (χ0v) is 8.51. The first-order chi connectivity index (χ1) is 5.56. The van der Waals surface area contributed by atoms with E-state index in [0.717, 1.165) is 25.9 Å². The third-order valence-corrected chi connectivity index (χ3v) is 2.87. The number of likely N-dealkylation sites (tertiary alicyclic amines) is 1. The van der Waals surface area contributed by atoms with Crippen LogP contribution in [0.4, 0.5) is 0 Å². The molecule has 1 aliphatic rings. The minimum atomic E-state index is -0.0930. The van der Waals surface area contributed by atoms with E-state index in [4.69, 9.17) is 0 Å². The molecule has 0 spiro atoms. The van der Waals surface area contributed by atoms with Crippen LogP contribution in [0.15, 0.2) is 0 Å². The van der Waals surface area contributed by atoms with E-state index in [9.17, 15) is 5.11 Å². The van der Waals surface area contributed by atoms with Crippen molar-refractivity contribution < 1.29 is 5.11 Å². The van der Waals surface area contributed by atoms with Gasteiger partial charge in [-0.15, -0.1) is 0 Å². The predicted molar refractivity (Wildman–Crippen MR) is 51.2 cm³/mol. The second-order valence-corrected chi connectivity index (χ2v) is 4.45. The second-order valence-electron chi connectivity index (χ2n) is 4.45. The molecule has 1 heterocycles. The Kier molecular flexibility index (Phi) is 3.13. The van der Waals surface area contributed by atoms with Crippen LogP contribution in [0, 0.1) is 0 Å². The Morgan fingerprint density at radius 3 is 2.75 bits per heavy atom. The van der Waals surface area contributed by atoms with Crippen LogP contribution in [0.5, 0.6) is 0 Å². The summed E-state index contributed by atoms with van der Waals surface area (Å²) in [5.74, 6) is 0. The van der Waals surface area contributed by atoms with E-state index < -0.39 is 0 Å². The summed E-state index contributed by atoms with van der Waals surface area (Å²) in [6, 6.07) is 0. The molecule has 2 heteroatoms. The molecule has 0 saturated carbocycles. The van der Waals surface area contributed by atoms with Gasteiger partial charge in [-0.25, -0.2) is 0 Å². The Hall–Kier alpha value is -0.0800. The quantitative estimate of drug-likeness (QED) is 0.682. The van der Waals surface area contributed by atoms with Crippen LogP contribution in [0.3, 0.4) is 0 Å². The van der Waals surface area contributed by atoms with Crippen molar-refractivity contribution in [3.8, 4) is 0 Å². The maximum atomic E-state index is 9.50. The van der Waals surface area contributed by atoms with Gasteiger partial charge in [0.25, 0.3) is 0 Å². The molecule has 0 aromatic carbocycles. The van der Waals surface area contributed by atoms with E-state index in [1.165, 1.54) is 6.42 Å². The highest BCUT2D eigenvalue weighted by Crippen LogP contribution is 2.27. The van der Waals surface area contributed by atoms with E-state index in [2.05, 4.69) is 25.7 Å². The molecule has 0 aromatic rings. The number of hydrogen-bond donors (Lipinski definition) is 1. The molecule has 0 bridgehead atoms. The maximum absolute atomic E-state index is 9.50. The lowest BCUT2D eigenvalue weighted by molar-refractivity contribution is -0.00407. The van der Waals surface area contributed by atoms with E-state index in [1.807, 2.05) is 0 Å². The molecule has 2 nitrogen and oxygen atoms in total. The fourth-order valence-electron chi connectivity index (χ4n) is 1.93. The first-order valence-corrected chi connectivity index (χ1v) is 4.99. The Bertz CT molecular complexity index is 145. The summed E-state index contributed by atoms with van der Waals surface area (Å²) < 4.78 is 0. The summed E-state index contributed by atoms with van der Waals surface area (Å²) in [5, 5.41) is 9.50. The molecular weight excluding hydrogens is 150 g/mol. The number of aliphatic hydroxyl groups is 1. The summed E-state index contributed by atoms with van der Waals surface area (Å²) in [5.41, 5.74) is 0.301. The van der Waals surface area contributed by atoms with Gasteiger partial charge in [0.2, 0.25) is 0 Å². The molecule has 72 valence electrons. The molecule has 12 heavy (non-hydrogen) atoms. The molecular formula is C10H21NO. The van der Waals surface area contributed by atoms with Crippen molar-refractivity contribution in [1.82, 2.24) is 4.90 Å². The van der Waals surface area contributed by atoms with Crippen molar-refractivity contribution in [2.24, 2.45) is 0 Å². The molecule has 0 aromatic heterocycles. The highest BCUT2D eigenvalue weighted by Gasteiger charge is 2.32. The van der Waals surface area contributed by atoms with Gasteiger partial charge in [-0.05, 0) is 39.7 Å². The van der Waals surface area contributed by atoms with Gasteiger partial charge in [-0.1, -0.05) is 6.92 Å². The van der Waals surface area contributed by atoms with Gasteiger partial charge in [0.05, 0.1) is 6.10 Å². The number of β-amino-alcohol motifs (C(OH)–C–C–N with tert-alkyl or cyclic N) is 1. The first kappa shape index (κ1) is 10.0. The SMILES string of the molecule is CCCN1CC(O)CCC1(C)C. The number of piperidine rings is 1.